The van der Waals surface area contributed by atoms with E-state index in [0.29, 0.717) is 31.8 Å². The summed E-state index contributed by atoms with van der Waals surface area (Å²) in [7, 11) is 0. The molecule has 2 N–H and O–H groups in total. The van der Waals surface area contributed by atoms with Gasteiger partial charge in [-0.3, -0.25) is 9.59 Å². The predicted octanol–water partition coefficient (Wildman–Crippen LogP) is 2.01. The standard InChI is InChI=1S/C16H22ClN3O2S/c1-9(2)5-12-16(22)20-8-10(6-13(20)15(21)19-12)18-7-11-3-4-14(17)23-11/h3-4,9-10,12-13,18H,5-8H2,1-2H3,(H,19,21)/t10-,12+,13-/m0/s1. The smallest absolute Gasteiger partial charge is 0.245 e. The summed E-state index contributed by atoms with van der Waals surface area (Å²) in [4.78, 5) is 27.8. The number of hydrogen-bond acceptors (Lipinski definition) is 4. The largest absolute Gasteiger partial charge is 0.342 e. The first-order valence-corrected chi connectivity index (χ1v) is 9.22. The van der Waals surface area contributed by atoms with Crippen molar-refractivity contribution >= 4 is 34.8 Å². The third-order valence-electron chi connectivity index (χ3n) is 4.40. The van der Waals surface area contributed by atoms with Crippen LogP contribution in [-0.4, -0.2) is 41.4 Å². The molecule has 126 valence electrons. The Hall–Kier alpha value is -1.11. The highest BCUT2D eigenvalue weighted by Gasteiger charge is 2.46. The van der Waals surface area contributed by atoms with Gasteiger partial charge in [0.2, 0.25) is 11.8 Å². The number of hydrogen-bond donors (Lipinski definition) is 2. The second-order valence-electron chi connectivity index (χ2n) is 6.72. The summed E-state index contributed by atoms with van der Waals surface area (Å²) in [6.07, 6.45) is 1.37. The summed E-state index contributed by atoms with van der Waals surface area (Å²) in [6, 6.07) is 3.34. The summed E-state index contributed by atoms with van der Waals surface area (Å²) >= 11 is 7.48. The molecule has 0 aromatic carbocycles. The van der Waals surface area contributed by atoms with Gasteiger partial charge < -0.3 is 15.5 Å². The van der Waals surface area contributed by atoms with Crippen LogP contribution in [0.5, 0.6) is 0 Å². The highest BCUT2D eigenvalue weighted by molar-refractivity contribution is 7.16. The fourth-order valence-electron chi connectivity index (χ4n) is 3.33. The molecule has 0 radical (unpaired) electrons. The van der Waals surface area contributed by atoms with Gasteiger partial charge in [0, 0.05) is 24.0 Å². The van der Waals surface area contributed by atoms with Crippen LogP contribution in [0.25, 0.3) is 0 Å². The van der Waals surface area contributed by atoms with Crippen molar-refractivity contribution in [1.82, 2.24) is 15.5 Å². The summed E-state index contributed by atoms with van der Waals surface area (Å²) in [5.74, 6) is 0.423. The van der Waals surface area contributed by atoms with Crippen LogP contribution < -0.4 is 10.6 Å². The molecule has 2 saturated heterocycles. The minimum absolute atomic E-state index is 0.0151. The number of rotatable bonds is 5. The predicted molar refractivity (Wildman–Crippen MR) is 91.5 cm³/mol. The molecule has 0 saturated carbocycles. The zero-order valence-corrected chi connectivity index (χ0v) is 14.9. The maximum absolute atomic E-state index is 12.6. The first-order chi connectivity index (χ1) is 10.9. The summed E-state index contributed by atoms with van der Waals surface area (Å²) < 4.78 is 0.775. The minimum atomic E-state index is -0.367. The lowest BCUT2D eigenvalue weighted by Crippen LogP contribution is -2.61. The molecular weight excluding hydrogens is 334 g/mol. The van der Waals surface area contributed by atoms with Crippen molar-refractivity contribution in [3.05, 3.63) is 21.3 Å². The van der Waals surface area contributed by atoms with Crippen LogP contribution in [0.2, 0.25) is 4.34 Å². The second-order valence-corrected chi connectivity index (χ2v) is 8.52. The normalized spacial score (nSPS) is 27.5. The highest BCUT2D eigenvalue weighted by atomic mass is 35.5. The number of thiophene rings is 1. The van der Waals surface area contributed by atoms with Gasteiger partial charge in [-0.1, -0.05) is 25.4 Å². The van der Waals surface area contributed by atoms with Gasteiger partial charge in [0.05, 0.1) is 4.34 Å². The van der Waals surface area contributed by atoms with Crippen LogP contribution in [0.4, 0.5) is 0 Å². The Labute approximate surface area is 145 Å². The van der Waals surface area contributed by atoms with Crippen molar-refractivity contribution in [2.24, 2.45) is 5.92 Å². The van der Waals surface area contributed by atoms with Crippen molar-refractivity contribution < 1.29 is 9.59 Å². The lowest BCUT2D eigenvalue weighted by Gasteiger charge is -2.35. The number of fused-ring (bicyclic) bond motifs is 1. The number of piperazine rings is 1. The number of carbonyl (C=O) groups is 2. The van der Waals surface area contributed by atoms with Crippen molar-refractivity contribution in [1.29, 1.82) is 0 Å². The molecule has 2 amide bonds. The monoisotopic (exact) mass is 355 g/mol. The van der Waals surface area contributed by atoms with E-state index in [1.54, 1.807) is 16.2 Å². The van der Waals surface area contributed by atoms with E-state index in [4.69, 9.17) is 11.6 Å². The molecule has 1 aromatic heterocycles. The average Bonchev–Trinajstić information content (AvgIpc) is 3.08. The van der Waals surface area contributed by atoms with Gasteiger partial charge in [-0.2, -0.15) is 0 Å². The third kappa shape index (κ3) is 3.70. The number of amides is 2. The van der Waals surface area contributed by atoms with Crippen LogP contribution in [0.1, 0.15) is 31.6 Å². The zero-order valence-electron chi connectivity index (χ0n) is 13.3. The Morgan fingerprint density at radius 1 is 1.43 bits per heavy atom. The Balaban J connectivity index is 1.60. The second kappa shape index (κ2) is 6.79. The average molecular weight is 356 g/mol. The van der Waals surface area contributed by atoms with Crippen molar-refractivity contribution in [3.8, 4) is 0 Å². The summed E-state index contributed by atoms with van der Waals surface area (Å²) in [5.41, 5.74) is 0. The van der Waals surface area contributed by atoms with E-state index in [-0.39, 0.29) is 29.9 Å². The molecule has 23 heavy (non-hydrogen) atoms. The summed E-state index contributed by atoms with van der Waals surface area (Å²) in [6.45, 7) is 5.44. The lowest BCUT2D eigenvalue weighted by molar-refractivity contribution is -0.147. The van der Waals surface area contributed by atoms with Gasteiger partial charge in [0.1, 0.15) is 12.1 Å². The van der Waals surface area contributed by atoms with Gasteiger partial charge in [0.15, 0.2) is 0 Å². The highest BCUT2D eigenvalue weighted by Crippen LogP contribution is 2.26. The number of nitrogens with one attached hydrogen (secondary N) is 2. The molecular formula is C16H22ClN3O2S. The van der Waals surface area contributed by atoms with Gasteiger partial charge in [-0.15, -0.1) is 11.3 Å². The third-order valence-corrected chi connectivity index (χ3v) is 5.63. The molecule has 0 spiro atoms. The fraction of sp³-hybridized carbons (Fsp3) is 0.625. The van der Waals surface area contributed by atoms with Gasteiger partial charge in [-0.05, 0) is 30.9 Å². The summed E-state index contributed by atoms with van der Waals surface area (Å²) in [5, 5.41) is 6.34. The molecule has 1 aromatic rings. The van der Waals surface area contributed by atoms with Gasteiger partial charge in [-0.25, -0.2) is 0 Å². The van der Waals surface area contributed by atoms with Crippen LogP contribution in [-0.2, 0) is 16.1 Å². The number of nitrogens with zero attached hydrogens (tertiary/aromatic N) is 1. The topological polar surface area (TPSA) is 61.4 Å². The SMILES string of the molecule is CC(C)C[C@H]1NC(=O)[C@@H]2C[C@H](NCc3ccc(Cl)s3)CN2C1=O. The van der Waals surface area contributed by atoms with Crippen molar-refractivity contribution in [3.63, 3.8) is 0 Å². The molecule has 0 aliphatic carbocycles. The Morgan fingerprint density at radius 2 is 2.22 bits per heavy atom. The van der Waals surface area contributed by atoms with Crippen LogP contribution >= 0.6 is 22.9 Å². The van der Waals surface area contributed by atoms with E-state index in [0.717, 1.165) is 9.21 Å². The molecule has 7 heteroatoms. The number of halogens is 1. The van der Waals surface area contributed by atoms with Crippen LogP contribution in [0.3, 0.4) is 0 Å². The van der Waals surface area contributed by atoms with Crippen molar-refractivity contribution in [2.45, 2.75) is 51.4 Å². The Kier molecular flexibility index (Phi) is 4.94. The molecule has 3 rings (SSSR count). The quantitative estimate of drug-likeness (QED) is 0.849. The fourth-order valence-corrected chi connectivity index (χ4v) is 4.37. The van der Waals surface area contributed by atoms with E-state index >= 15 is 0 Å². The molecule has 2 aliphatic heterocycles. The Bertz CT molecular complexity index is 604. The molecule has 5 nitrogen and oxygen atoms in total. The van der Waals surface area contributed by atoms with E-state index in [2.05, 4.69) is 24.5 Å². The molecule has 3 heterocycles. The van der Waals surface area contributed by atoms with Gasteiger partial charge >= 0.3 is 0 Å². The molecule has 2 aliphatic rings. The van der Waals surface area contributed by atoms with Crippen LogP contribution in [0.15, 0.2) is 12.1 Å². The van der Waals surface area contributed by atoms with Crippen molar-refractivity contribution in [2.75, 3.05) is 6.54 Å². The first kappa shape index (κ1) is 16.7. The lowest BCUT2D eigenvalue weighted by atomic mass is 9.99. The minimum Gasteiger partial charge on any atom is -0.342 e. The molecule has 2 fully saturated rings. The van der Waals surface area contributed by atoms with Gasteiger partial charge in [0.25, 0.3) is 0 Å². The molecule has 0 unspecified atom stereocenters. The Morgan fingerprint density at radius 3 is 2.87 bits per heavy atom. The van der Waals surface area contributed by atoms with E-state index in [9.17, 15) is 9.59 Å². The molecule has 0 bridgehead atoms. The van der Waals surface area contributed by atoms with E-state index in [1.165, 1.54) is 0 Å². The first-order valence-electron chi connectivity index (χ1n) is 8.02. The number of carbonyl (C=O) groups excluding carboxylic acids is 2. The maximum Gasteiger partial charge on any atom is 0.245 e. The van der Waals surface area contributed by atoms with E-state index in [1.807, 2.05) is 12.1 Å². The maximum atomic E-state index is 12.6. The zero-order chi connectivity index (χ0) is 16.6. The molecule has 3 atom stereocenters. The van der Waals surface area contributed by atoms with Crippen LogP contribution in [0, 0.1) is 5.92 Å². The van der Waals surface area contributed by atoms with E-state index < -0.39 is 0 Å².